The second-order valence-electron chi connectivity index (χ2n) is 13.1. The molecule has 248 valence electrons. The molecule has 0 aliphatic carbocycles. The van der Waals surface area contributed by atoms with Crippen molar-refractivity contribution in [2.75, 3.05) is 4.90 Å². The van der Waals surface area contributed by atoms with Gasteiger partial charge in [0, 0.05) is 17.1 Å². The van der Waals surface area contributed by atoms with Crippen LogP contribution in [0.5, 0.6) is 0 Å². The van der Waals surface area contributed by atoms with Crippen molar-refractivity contribution < 1.29 is 0 Å². The Kier molecular flexibility index (Phi) is 9.40. The van der Waals surface area contributed by atoms with Crippen LogP contribution in [0.25, 0.3) is 45.0 Å². The minimum Gasteiger partial charge on any atom is -0.310 e. The van der Waals surface area contributed by atoms with Gasteiger partial charge in [0.2, 0.25) is 0 Å². The summed E-state index contributed by atoms with van der Waals surface area (Å²) in [6.07, 6.45) is 2.33. The summed E-state index contributed by atoms with van der Waals surface area (Å²) in [7, 11) is 0. The SMILES string of the molecule is Cc1cccc(N(c2ccccc2)c2cccc(-c3cc(C=C(c4ccccc4)c4ccccc4)ccc3-c3ccccc3-c3ccccc3)c2)c1. The highest BCUT2D eigenvalue weighted by Gasteiger charge is 2.17. The van der Waals surface area contributed by atoms with Gasteiger partial charge in [0.05, 0.1) is 0 Å². The zero-order chi connectivity index (χ0) is 35.1. The molecule has 1 heteroatoms. The topological polar surface area (TPSA) is 3.24 Å². The van der Waals surface area contributed by atoms with Crippen LogP contribution < -0.4 is 4.90 Å². The monoisotopic (exact) mass is 665 g/mol. The first kappa shape index (κ1) is 32.5. The van der Waals surface area contributed by atoms with Crippen molar-refractivity contribution in [3.8, 4) is 33.4 Å². The van der Waals surface area contributed by atoms with Gasteiger partial charge >= 0.3 is 0 Å². The molecule has 8 aromatic rings. The van der Waals surface area contributed by atoms with Crippen LogP contribution in [-0.4, -0.2) is 0 Å². The third kappa shape index (κ3) is 6.99. The Bertz CT molecular complexity index is 2400. The van der Waals surface area contributed by atoms with Crippen molar-refractivity contribution in [3.63, 3.8) is 0 Å². The Morgan fingerprint density at radius 1 is 0.365 bits per heavy atom. The van der Waals surface area contributed by atoms with Gasteiger partial charge in [-0.05, 0) is 117 Å². The van der Waals surface area contributed by atoms with E-state index in [-0.39, 0.29) is 0 Å². The summed E-state index contributed by atoms with van der Waals surface area (Å²) in [5, 5.41) is 0. The van der Waals surface area contributed by atoms with Crippen LogP contribution in [0, 0.1) is 6.92 Å². The maximum Gasteiger partial charge on any atom is 0.0467 e. The van der Waals surface area contributed by atoms with E-state index in [0.29, 0.717) is 0 Å². The van der Waals surface area contributed by atoms with Crippen LogP contribution in [0.2, 0.25) is 0 Å². The first-order chi connectivity index (χ1) is 25.7. The first-order valence-electron chi connectivity index (χ1n) is 17.8. The largest absolute Gasteiger partial charge is 0.310 e. The third-order valence-electron chi connectivity index (χ3n) is 9.52. The lowest BCUT2D eigenvalue weighted by molar-refractivity contribution is 1.27. The number of aryl methyl sites for hydroxylation is 1. The number of rotatable bonds is 9. The highest BCUT2D eigenvalue weighted by molar-refractivity contribution is 5.96. The standard InChI is InChI=1S/C51H39N/c1-38-18-16-28-45(34-38)52(44-26-12-5-13-27-44)46-29-17-25-43(37-46)51-36-39(35-50(41-21-8-3-9-22-41)42-23-10-4-11-24-42)32-33-49(51)48-31-15-14-30-47(48)40-19-6-2-7-20-40/h2-37H,1H3. The molecule has 0 heterocycles. The van der Waals surface area contributed by atoms with Gasteiger partial charge < -0.3 is 4.90 Å². The molecule has 0 aromatic heterocycles. The molecular formula is C51H39N. The van der Waals surface area contributed by atoms with Gasteiger partial charge in [-0.1, -0.05) is 170 Å². The van der Waals surface area contributed by atoms with Gasteiger partial charge in [0.15, 0.2) is 0 Å². The van der Waals surface area contributed by atoms with E-state index in [9.17, 15) is 0 Å². The van der Waals surface area contributed by atoms with Crippen LogP contribution in [0.15, 0.2) is 212 Å². The molecule has 0 unspecified atom stereocenters. The summed E-state index contributed by atoms with van der Waals surface area (Å²) in [6, 6.07) is 76.1. The van der Waals surface area contributed by atoms with Crippen molar-refractivity contribution in [1.82, 2.24) is 0 Å². The van der Waals surface area contributed by atoms with Crippen molar-refractivity contribution in [2.24, 2.45) is 0 Å². The molecule has 8 rings (SSSR count). The molecule has 0 aliphatic heterocycles. The molecule has 0 amide bonds. The van der Waals surface area contributed by atoms with E-state index < -0.39 is 0 Å². The lowest BCUT2D eigenvalue weighted by Gasteiger charge is -2.26. The predicted molar refractivity (Wildman–Crippen MR) is 222 cm³/mol. The fraction of sp³-hybridized carbons (Fsp3) is 0.0196. The Labute approximate surface area is 307 Å². The molecule has 0 saturated carbocycles. The van der Waals surface area contributed by atoms with Gasteiger partial charge in [-0.15, -0.1) is 0 Å². The normalized spacial score (nSPS) is 10.8. The quantitative estimate of drug-likeness (QED) is 0.139. The van der Waals surface area contributed by atoms with Gasteiger partial charge in [0.1, 0.15) is 0 Å². The van der Waals surface area contributed by atoms with Crippen LogP contribution in [0.1, 0.15) is 22.3 Å². The highest BCUT2D eigenvalue weighted by atomic mass is 15.1. The lowest BCUT2D eigenvalue weighted by Crippen LogP contribution is -2.10. The molecular weight excluding hydrogens is 627 g/mol. The van der Waals surface area contributed by atoms with Gasteiger partial charge in [-0.3, -0.25) is 0 Å². The zero-order valence-electron chi connectivity index (χ0n) is 29.2. The van der Waals surface area contributed by atoms with Crippen molar-refractivity contribution in [1.29, 1.82) is 0 Å². The van der Waals surface area contributed by atoms with Crippen molar-refractivity contribution >= 4 is 28.7 Å². The smallest absolute Gasteiger partial charge is 0.0467 e. The number of nitrogens with zero attached hydrogens (tertiary/aromatic N) is 1. The highest BCUT2D eigenvalue weighted by Crippen LogP contribution is 2.42. The molecule has 0 spiro atoms. The zero-order valence-corrected chi connectivity index (χ0v) is 29.2. The van der Waals surface area contributed by atoms with Crippen LogP contribution in [0.3, 0.4) is 0 Å². The minimum absolute atomic E-state index is 1.10. The lowest BCUT2D eigenvalue weighted by atomic mass is 9.87. The molecule has 0 atom stereocenters. The average molecular weight is 666 g/mol. The summed E-state index contributed by atoms with van der Waals surface area (Å²) in [4.78, 5) is 2.35. The van der Waals surface area contributed by atoms with E-state index in [2.05, 4.69) is 230 Å². The summed E-state index contributed by atoms with van der Waals surface area (Å²) in [6.45, 7) is 2.15. The molecule has 0 bridgehead atoms. The second-order valence-corrected chi connectivity index (χ2v) is 13.1. The average Bonchev–Trinajstić information content (AvgIpc) is 3.21. The third-order valence-corrected chi connectivity index (χ3v) is 9.52. The van der Waals surface area contributed by atoms with E-state index in [0.717, 1.165) is 28.2 Å². The second kappa shape index (κ2) is 15.0. The van der Waals surface area contributed by atoms with Crippen LogP contribution in [0.4, 0.5) is 17.1 Å². The van der Waals surface area contributed by atoms with Gasteiger partial charge in [-0.2, -0.15) is 0 Å². The maximum absolute atomic E-state index is 2.36. The molecule has 0 N–H and O–H groups in total. The minimum atomic E-state index is 1.10. The van der Waals surface area contributed by atoms with Gasteiger partial charge in [-0.25, -0.2) is 0 Å². The summed E-state index contributed by atoms with van der Waals surface area (Å²) in [5.74, 6) is 0. The van der Waals surface area contributed by atoms with Gasteiger partial charge in [0.25, 0.3) is 0 Å². The van der Waals surface area contributed by atoms with Crippen LogP contribution >= 0.6 is 0 Å². The molecule has 0 aliphatic rings. The molecule has 52 heavy (non-hydrogen) atoms. The fourth-order valence-electron chi connectivity index (χ4n) is 7.05. The van der Waals surface area contributed by atoms with E-state index in [1.807, 2.05) is 0 Å². The molecule has 0 fully saturated rings. The van der Waals surface area contributed by atoms with E-state index >= 15 is 0 Å². The molecule has 1 nitrogen and oxygen atoms in total. The van der Waals surface area contributed by atoms with Crippen LogP contribution in [-0.2, 0) is 0 Å². The first-order valence-corrected chi connectivity index (χ1v) is 17.8. The molecule has 0 radical (unpaired) electrons. The van der Waals surface area contributed by atoms with Crippen molar-refractivity contribution in [3.05, 3.63) is 235 Å². The molecule has 0 saturated heterocycles. The Balaban J connectivity index is 1.34. The number of hydrogen-bond acceptors (Lipinski definition) is 1. The number of hydrogen-bond donors (Lipinski definition) is 0. The van der Waals surface area contributed by atoms with E-state index in [1.54, 1.807) is 0 Å². The Morgan fingerprint density at radius 2 is 0.865 bits per heavy atom. The fourth-order valence-corrected chi connectivity index (χ4v) is 7.05. The Hall–Kier alpha value is -6.70. The number of anilines is 3. The molecule has 8 aromatic carbocycles. The number of para-hydroxylation sites is 1. The summed E-state index contributed by atoms with van der Waals surface area (Å²) in [5.41, 5.74) is 16.4. The predicted octanol–water partition coefficient (Wildman–Crippen LogP) is 14.1. The maximum atomic E-state index is 2.36. The number of benzene rings is 8. The van der Waals surface area contributed by atoms with E-state index in [4.69, 9.17) is 0 Å². The van der Waals surface area contributed by atoms with Crippen molar-refractivity contribution in [2.45, 2.75) is 6.92 Å². The van der Waals surface area contributed by atoms with E-state index in [1.165, 1.54) is 50.1 Å². The summed E-state index contributed by atoms with van der Waals surface area (Å²) >= 11 is 0. The Morgan fingerprint density at radius 3 is 1.52 bits per heavy atom. The summed E-state index contributed by atoms with van der Waals surface area (Å²) < 4.78 is 0.